The first-order valence-electron chi connectivity index (χ1n) is 14.8. The SMILES string of the molecule is C/C(O)=C(/C=NCCN=C/C(C(=O)OC1CC2CCC1(C)C2(C)C)=C(/C)O)C(=O)OC1CC2CCC1(C)C2(C)C. The van der Waals surface area contributed by atoms with E-state index in [4.69, 9.17) is 9.47 Å². The number of carbonyl (C=O) groups is 2. The minimum atomic E-state index is -0.566. The molecule has 6 atom stereocenters. The second-order valence-electron chi connectivity index (χ2n) is 14.1. The summed E-state index contributed by atoms with van der Waals surface area (Å²) in [7, 11) is 0. The smallest absolute Gasteiger partial charge is 0.343 e. The molecule has 0 amide bonds. The average Bonchev–Trinajstić information content (AvgIpc) is 3.37. The fourth-order valence-corrected chi connectivity index (χ4v) is 8.02. The van der Waals surface area contributed by atoms with E-state index in [2.05, 4.69) is 51.5 Å². The van der Waals surface area contributed by atoms with Crippen molar-refractivity contribution in [1.29, 1.82) is 0 Å². The van der Waals surface area contributed by atoms with Gasteiger partial charge < -0.3 is 19.7 Å². The number of aliphatic imine (C=N–C) groups is 2. The average molecular weight is 557 g/mol. The zero-order valence-corrected chi connectivity index (χ0v) is 25.5. The van der Waals surface area contributed by atoms with Gasteiger partial charge in [-0.1, -0.05) is 41.5 Å². The van der Waals surface area contributed by atoms with Crippen LogP contribution in [0.3, 0.4) is 0 Å². The molecule has 4 aliphatic carbocycles. The normalized spacial score (nSPS) is 36.7. The number of fused-ring (bicyclic) bond motifs is 4. The van der Waals surface area contributed by atoms with Gasteiger partial charge in [-0.15, -0.1) is 0 Å². The molecule has 4 aliphatic rings. The highest BCUT2D eigenvalue weighted by Crippen LogP contribution is 2.67. The Kier molecular flexibility index (Phi) is 8.07. The first-order valence-corrected chi connectivity index (χ1v) is 14.8. The lowest BCUT2D eigenvalue weighted by Gasteiger charge is -2.38. The van der Waals surface area contributed by atoms with Gasteiger partial charge in [0.1, 0.15) is 34.9 Å². The molecule has 40 heavy (non-hydrogen) atoms. The third kappa shape index (κ3) is 4.89. The molecule has 4 fully saturated rings. The number of esters is 2. The number of carbonyl (C=O) groups excluding carboxylic acids is 2. The second kappa shape index (κ2) is 10.6. The quantitative estimate of drug-likeness (QED) is 0.113. The Morgan fingerprint density at radius 1 is 0.725 bits per heavy atom. The Hall–Kier alpha value is -2.64. The van der Waals surface area contributed by atoms with E-state index in [1.807, 2.05) is 0 Å². The lowest BCUT2D eigenvalue weighted by Crippen LogP contribution is -2.38. The van der Waals surface area contributed by atoms with Crippen LogP contribution in [-0.2, 0) is 19.1 Å². The zero-order valence-electron chi connectivity index (χ0n) is 25.5. The summed E-state index contributed by atoms with van der Waals surface area (Å²) in [5.41, 5.74) is 0.142. The van der Waals surface area contributed by atoms with Crippen molar-refractivity contribution in [1.82, 2.24) is 0 Å². The van der Waals surface area contributed by atoms with Gasteiger partial charge in [0.05, 0.1) is 13.1 Å². The van der Waals surface area contributed by atoms with E-state index in [0.717, 1.165) is 38.5 Å². The highest BCUT2D eigenvalue weighted by Gasteiger charge is 2.64. The highest BCUT2D eigenvalue weighted by atomic mass is 16.6. The molecule has 0 aliphatic heterocycles. The lowest BCUT2D eigenvalue weighted by atomic mass is 9.70. The molecule has 0 heterocycles. The summed E-state index contributed by atoms with van der Waals surface area (Å²) in [5.74, 6) is -0.360. The van der Waals surface area contributed by atoms with Gasteiger partial charge in [0.15, 0.2) is 0 Å². The maximum absolute atomic E-state index is 12.9. The van der Waals surface area contributed by atoms with E-state index in [1.165, 1.54) is 26.3 Å². The van der Waals surface area contributed by atoms with Gasteiger partial charge >= 0.3 is 11.9 Å². The van der Waals surface area contributed by atoms with Crippen molar-refractivity contribution in [3.8, 4) is 0 Å². The molecule has 0 aromatic heterocycles. The van der Waals surface area contributed by atoms with Crippen LogP contribution in [-0.4, -0.2) is 59.9 Å². The van der Waals surface area contributed by atoms with Gasteiger partial charge in [-0.25, -0.2) is 9.59 Å². The van der Waals surface area contributed by atoms with Gasteiger partial charge in [-0.05, 0) is 75.0 Å². The van der Waals surface area contributed by atoms with Crippen LogP contribution in [0.25, 0.3) is 0 Å². The van der Waals surface area contributed by atoms with E-state index in [9.17, 15) is 19.8 Å². The predicted molar refractivity (Wildman–Crippen MR) is 156 cm³/mol. The lowest BCUT2D eigenvalue weighted by molar-refractivity contribution is -0.152. The topological polar surface area (TPSA) is 118 Å². The highest BCUT2D eigenvalue weighted by molar-refractivity contribution is 6.10. The molecule has 6 unspecified atom stereocenters. The molecular weight excluding hydrogens is 508 g/mol. The van der Waals surface area contributed by atoms with Crippen molar-refractivity contribution >= 4 is 24.4 Å². The van der Waals surface area contributed by atoms with E-state index in [0.29, 0.717) is 11.8 Å². The van der Waals surface area contributed by atoms with E-state index < -0.39 is 11.9 Å². The number of aliphatic hydroxyl groups is 2. The summed E-state index contributed by atoms with van der Waals surface area (Å²) in [6.45, 7) is 16.8. The first-order chi connectivity index (χ1) is 18.6. The maximum atomic E-state index is 12.9. The van der Waals surface area contributed by atoms with E-state index in [-0.39, 0.29) is 69.6 Å². The molecule has 8 heteroatoms. The zero-order chi connectivity index (χ0) is 29.7. The van der Waals surface area contributed by atoms with Crippen molar-refractivity contribution < 1.29 is 29.3 Å². The minimum Gasteiger partial charge on any atom is -0.512 e. The Labute approximate surface area is 239 Å². The molecule has 0 spiro atoms. The van der Waals surface area contributed by atoms with Crippen molar-refractivity contribution in [2.45, 2.75) is 106 Å². The molecule has 222 valence electrons. The van der Waals surface area contributed by atoms with Gasteiger partial charge in [0, 0.05) is 23.3 Å². The molecule has 0 aromatic rings. The summed E-state index contributed by atoms with van der Waals surface area (Å²) >= 11 is 0. The van der Waals surface area contributed by atoms with Gasteiger partial charge in [0.25, 0.3) is 0 Å². The number of allylic oxidation sites excluding steroid dienone is 2. The minimum absolute atomic E-state index is 0.0332. The van der Waals surface area contributed by atoms with Crippen LogP contribution in [0.5, 0.6) is 0 Å². The maximum Gasteiger partial charge on any atom is 0.343 e. The predicted octanol–water partition coefficient (Wildman–Crippen LogP) is 6.31. The molecule has 0 saturated heterocycles. The van der Waals surface area contributed by atoms with Crippen LogP contribution >= 0.6 is 0 Å². The molecular formula is C32H48N2O6. The Balaban J connectivity index is 1.30. The van der Waals surface area contributed by atoms with Crippen LogP contribution in [0.4, 0.5) is 0 Å². The Morgan fingerprint density at radius 3 is 1.32 bits per heavy atom. The van der Waals surface area contributed by atoms with Crippen molar-refractivity contribution in [2.24, 2.45) is 43.5 Å². The number of hydrogen-bond donors (Lipinski definition) is 2. The number of aliphatic hydroxyl groups excluding tert-OH is 2. The number of hydrogen-bond acceptors (Lipinski definition) is 8. The molecule has 0 radical (unpaired) electrons. The monoisotopic (exact) mass is 556 g/mol. The largest absolute Gasteiger partial charge is 0.512 e. The standard InChI is InChI=1S/C32H48N2O6/c1-19(35)23(27(37)39-25-15-21-9-11-31(25,7)29(21,3)4)17-33-13-14-34-18-24(20(2)36)28(38)40-26-16-22-10-12-32(26,8)30(22,5)6/h17-18,21-22,25-26,35-36H,9-16H2,1-8H3/b23-19+,24-20+,33-17?,34-18?. The van der Waals surface area contributed by atoms with Crippen LogP contribution in [0.2, 0.25) is 0 Å². The third-order valence-electron chi connectivity index (χ3n) is 11.9. The molecule has 4 saturated carbocycles. The summed E-state index contributed by atoms with van der Waals surface area (Å²) in [4.78, 5) is 34.4. The summed E-state index contributed by atoms with van der Waals surface area (Å²) < 4.78 is 11.8. The third-order valence-corrected chi connectivity index (χ3v) is 11.9. The summed E-state index contributed by atoms with van der Waals surface area (Å²) in [5, 5.41) is 20.3. The summed E-state index contributed by atoms with van der Waals surface area (Å²) in [6.07, 6.45) is 8.36. The first kappa shape index (κ1) is 30.3. The van der Waals surface area contributed by atoms with Crippen LogP contribution < -0.4 is 0 Å². The van der Waals surface area contributed by atoms with Gasteiger partial charge in [-0.2, -0.15) is 0 Å². The Bertz CT molecular complexity index is 1070. The fourth-order valence-electron chi connectivity index (χ4n) is 8.02. The Morgan fingerprint density at radius 2 is 1.07 bits per heavy atom. The van der Waals surface area contributed by atoms with Crippen molar-refractivity contribution in [3.05, 3.63) is 22.7 Å². The van der Waals surface area contributed by atoms with Crippen LogP contribution in [0.1, 0.15) is 93.9 Å². The van der Waals surface area contributed by atoms with Crippen molar-refractivity contribution in [2.75, 3.05) is 13.1 Å². The van der Waals surface area contributed by atoms with Gasteiger partial charge in [0.2, 0.25) is 0 Å². The number of rotatable bonds is 9. The van der Waals surface area contributed by atoms with Crippen LogP contribution in [0.15, 0.2) is 32.6 Å². The fraction of sp³-hybridized carbons (Fsp3) is 0.750. The van der Waals surface area contributed by atoms with Crippen molar-refractivity contribution in [3.63, 3.8) is 0 Å². The van der Waals surface area contributed by atoms with Crippen LogP contribution in [0, 0.1) is 33.5 Å². The molecule has 0 aromatic carbocycles. The molecule has 8 nitrogen and oxygen atoms in total. The summed E-state index contributed by atoms with van der Waals surface area (Å²) in [6, 6.07) is 0. The molecule has 4 bridgehead atoms. The number of nitrogens with zero attached hydrogens (tertiary/aromatic N) is 2. The molecule has 4 rings (SSSR count). The molecule has 2 N–H and O–H groups in total. The van der Waals surface area contributed by atoms with E-state index in [1.54, 1.807) is 0 Å². The van der Waals surface area contributed by atoms with Gasteiger partial charge in [-0.3, -0.25) is 9.98 Å². The van der Waals surface area contributed by atoms with E-state index >= 15 is 0 Å². The number of ether oxygens (including phenoxy) is 2. The second-order valence-corrected chi connectivity index (χ2v) is 14.1.